The number of nitrogens with one attached hydrogen (secondary N) is 1. The van der Waals surface area contributed by atoms with Gasteiger partial charge in [0.15, 0.2) is 5.13 Å². The van der Waals surface area contributed by atoms with Gasteiger partial charge in [0.2, 0.25) is 5.91 Å². The van der Waals surface area contributed by atoms with Gasteiger partial charge in [0, 0.05) is 54.8 Å². The van der Waals surface area contributed by atoms with Crippen LogP contribution in [0.2, 0.25) is 5.02 Å². The molecule has 0 radical (unpaired) electrons. The molecule has 1 aliphatic heterocycles. The van der Waals surface area contributed by atoms with Crippen molar-refractivity contribution >= 4 is 66.2 Å². The number of anilines is 1. The number of benzene rings is 2. The van der Waals surface area contributed by atoms with Crippen molar-refractivity contribution in [3.05, 3.63) is 63.6 Å². The predicted octanol–water partition coefficient (Wildman–Crippen LogP) is 4.66. The van der Waals surface area contributed by atoms with Crippen molar-refractivity contribution < 1.29 is 4.79 Å². The van der Waals surface area contributed by atoms with Gasteiger partial charge in [-0.3, -0.25) is 9.69 Å². The summed E-state index contributed by atoms with van der Waals surface area (Å²) in [6, 6.07) is 13.7. The average molecular weight is 506 g/mol. The molecular weight excluding hydrogens is 484 g/mol. The number of carbonyl (C=O) groups excluding carboxylic acids is 1. The van der Waals surface area contributed by atoms with Crippen LogP contribution < -0.4 is 10.2 Å². The molecule has 0 atom stereocenters. The first kappa shape index (κ1) is 21.3. The van der Waals surface area contributed by atoms with Gasteiger partial charge < -0.3 is 10.2 Å². The van der Waals surface area contributed by atoms with E-state index in [2.05, 4.69) is 43.2 Å². The number of aromatic nitrogens is 1. The number of thiazole rings is 1. The fourth-order valence-electron chi connectivity index (χ4n) is 3.36. The molecule has 1 fully saturated rings. The van der Waals surface area contributed by atoms with Crippen LogP contribution in [0.3, 0.4) is 0 Å². The number of nitrogens with zero attached hydrogens (tertiary/aromatic N) is 3. The molecule has 0 unspecified atom stereocenters. The van der Waals surface area contributed by atoms with Crippen molar-refractivity contribution in [2.75, 3.05) is 44.2 Å². The Labute approximate surface area is 193 Å². The van der Waals surface area contributed by atoms with Crippen molar-refractivity contribution in [3.8, 4) is 0 Å². The Balaban J connectivity index is 1.21. The van der Waals surface area contributed by atoms with Crippen LogP contribution in [0.1, 0.15) is 5.56 Å². The lowest BCUT2D eigenvalue weighted by molar-refractivity contribution is -0.116. The third-order valence-corrected chi connectivity index (χ3v) is 6.95. The number of carbonyl (C=O) groups is 1. The fourth-order valence-corrected chi connectivity index (χ4v) is 5.12. The zero-order valence-electron chi connectivity index (χ0n) is 16.4. The number of fused-ring (bicyclic) bond motifs is 1. The van der Waals surface area contributed by atoms with Crippen LogP contribution in [-0.4, -0.2) is 55.1 Å². The molecular formula is C22H22BrClN4OS. The lowest BCUT2D eigenvalue weighted by atomic mass is 10.2. The van der Waals surface area contributed by atoms with E-state index in [1.165, 1.54) is 10.8 Å². The molecule has 4 rings (SSSR count). The summed E-state index contributed by atoms with van der Waals surface area (Å²) < 4.78 is 2.29. The highest BCUT2D eigenvalue weighted by atomic mass is 79.9. The largest absolute Gasteiger partial charge is 0.351 e. The van der Waals surface area contributed by atoms with Gasteiger partial charge in [-0.2, -0.15) is 0 Å². The minimum atomic E-state index is -0.103. The highest BCUT2D eigenvalue weighted by Gasteiger charge is 2.19. The molecule has 2 heterocycles. The summed E-state index contributed by atoms with van der Waals surface area (Å²) in [6.07, 6.45) is 3.28. The third kappa shape index (κ3) is 5.40. The third-order valence-electron chi connectivity index (χ3n) is 5.03. The second kappa shape index (κ2) is 9.92. The Morgan fingerprint density at radius 1 is 1.20 bits per heavy atom. The molecule has 8 heteroatoms. The van der Waals surface area contributed by atoms with E-state index in [1.807, 2.05) is 30.3 Å². The second-order valence-electron chi connectivity index (χ2n) is 7.08. The topological polar surface area (TPSA) is 48.5 Å². The molecule has 30 heavy (non-hydrogen) atoms. The Morgan fingerprint density at radius 3 is 2.80 bits per heavy atom. The zero-order valence-corrected chi connectivity index (χ0v) is 19.5. The summed E-state index contributed by atoms with van der Waals surface area (Å²) >= 11 is 11.4. The van der Waals surface area contributed by atoms with Gasteiger partial charge in [0.25, 0.3) is 0 Å². The van der Waals surface area contributed by atoms with Crippen molar-refractivity contribution in [1.29, 1.82) is 0 Å². The molecule has 156 valence electrons. The maximum absolute atomic E-state index is 12.0. The summed E-state index contributed by atoms with van der Waals surface area (Å²) in [5.41, 5.74) is 1.89. The summed E-state index contributed by atoms with van der Waals surface area (Å²) in [7, 11) is 0. The lowest BCUT2D eigenvalue weighted by Crippen LogP contribution is -2.48. The molecule has 1 aromatic heterocycles. The SMILES string of the molecule is O=C(/C=C/c1ccccc1Cl)NCCN1CCN(c2nc3ccc(Br)cc3s2)CC1. The Kier molecular flexibility index (Phi) is 7.04. The average Bonchev–Trinajstić information content (AvgIpc) is 3.17. The number of hydrogen-bond donors (Lipinski definition) is 1. The van der Waals surface area contributed by atoms with E-state index in [0.717, 1.165) is 53.4 Å². The number of amides is 1. The van der Waals surface area contributed by atoms with Gasteiger partial charge in [0.05, 0.1) is 10.2 Å². The molecule has 1 saturated heterocycles. The molecule has 0 bridgehead atoms. The van der Waals surface area contributed by atoms with Crippen molar-refractivity contribution in [2.24, 2.45) is 0 Å². The van der Waals surface area contributed by atoms with Crippen LogP contribution in [0.4, 0.5) is 5.13 Å². The number of piperazine rings is 1. The van der Waals surface area contributed by atoms with Gasteiger partial charge in [-0.15, -0.1) is 0 Å². The van der Waals surface area contributed by atoms with Crippen LogP contribution in [0.25, 0.3) is 16.3 Å². The molecule has 0 aliphatic carbocycles. The first-order valence-electron chi connectivity index (χ1n) is 9.82. The van der Waals surface area contributed by atoms with E-state index in [4.69, 9.17) is 16.6 Å². The molecule has 1 amide bonds. The van der Waals surface area contributed by atoms with Crippen LogP contribution >= 0.6 is 38.9 Å². The first-order chi connectivity index (χ1) is 14.6. The van der Waals surface area contributed by atoms with E-state index >= 15 is 0 Å². The highest BCUT2D eigenvalue weighted by molar-refractivity contribution is 9.10. The second-order valence-corrected chi connectivity index (χ2v) is 9.42. The number of halogens is 2. The minimum absolute atomic E-state index is 0.103. The molecule has 3 aromatic rings. The molecule has 1 N–H and O–H groups in total. The Bertz CT molecular complexity index is 1060. The van der Waals surface area contributed by atoms with Crippen LogP contribution in [0.5, 0.6) is 0 Å². The first-order valence-corrected chi connectivity index (χ1v) is 11.8. The smallest absolute Gasteiger partial charge is 0.244 e. The predicted molar refractivity (Wildman–Crippen MR) is 129 cm³/mol. The van der Waals surface area contributed by atoms with Gasteiger partial charge in [0.1, 0.15) is 0 Å². The van der Waals surface area contributed by atoms with Crippen molar-refractivity contribution in [2.45, 2.75) is 0 Å². The van der Waals surface area contributed by atoms with Crippen LogP contribution in [0, 0.1) is 0 Å². The maximum Gasteiger partial charge on any atom is 0.244 e. The van der Waals surface area contributed by atoms with Gasteiger partial charge in [-0.1, -0.05) is 57.1 Å². The molecule has 2 aromatic carbocycles. The fraction of sp³-hybridized carbons (Fsp3) is 0.273. The van der Waals surface area contributed by atoms with E-state index in [0.29, 0.717) is 11.6 Å². The molecule has 0 saturated carbocycles. The standard InChI is InChI=1S/C22H22BrClN4OS/c23-17-6-7-19-20(15-17)30-22(26-19)28-13-11-27(12-14-28)10-9-25-21(29)8-5-16-3-1-2-4-18(16)24/h1-8,15H,9-14H2,(H,25,29)/b8-5+. The Hall–Kier alpha value is -1.93. The van der Waals surface area contributed by atoms with Crippen molar-refractivity contribution in [3.63, 3.8) is 0 Å². The summed E-state index contributed by atoms with van der Waals surface area (Å²) in [5, 5.41) is 4.67. The lowest BCUT2D eigenvalue weighted by Gasteiger charge is -2.34. The number of rotatable bonds is 6. The van der Waals surface area contributed by atoms with E-state index in [1.54, 1.807) is 17.4 Å². The van der Waals surface area contributed by atoms with Gasteiger partial charge in [-0.05, 0) is 35.9 Å². The summed E-state index contributed by atoms with van der Waals surface area (Å²) in [6.45, 7) is 5.28. The van der Waals surface area contributed by atoms with E-state index in [-0.39, 0.29) is 5.91 Å². The minimum Gasteiger partial charge on any atom is -0.351 e. The van der Waals surface area contributed by atoms with Crippen LogP contribution in [-0.2, 0) is 4.79 Å². The molecule has 0 spiro atoms. The van der Waals surface area contributed by atoms with Gasteiger partial charge in [-0.25, -0.2) is 4.98 Å². The normalized spacial score (nSPS) is 15.2. The maximum atomic E-state index is 12.0. The number of hydrogen-bond acceptors (Lipinski definition) is 5. The van der Waals surface area contributed by atoms with E-state index in [9.17, 15) is 4.79 Å². The van der Waals surface area contributed by atoms with E-state index < -0.39 is 0 Å². The summed E-state index contributed by atoms with van der Waals surface area (Å²) in [5.74, 6) is -0.103. The monoisotopic (exact) mass is 504 g/mol. The highest BCUT2D eigenvalue weighted by Crippen LogP contribution is 2.31. The van der Waals surface area contributed by atoms with Crippen molar-refractivity contribution in [1.82, 2.24) is 15.2 Å². The Morgan fingerprint density at radius 2 is 2.00 bits per heavy atom. The summed E-state index contributed by atoms with van der Waals surface area (Å²) in [4.78, 5) is 21.5. The zero-order chi connectivity index (χ0) is 20.9. The van der Waals surface area contributed by atoms with Gasteiger partial charge >= 0.3 is 0 Å². The van der Waals surface area contributed by atoms with Crippen LogP contribution in [0.15, 0.2) is 53.0 Å². The molecule has 1 aliphatic rings. The quantitative estimate of drug-likeness (QED) is 0.495. The molecule has 5 nitrogen and oxygen atoms in total.